The number of rotatable bonds is 8. The lowest BCUT2D eigenvalue weighted by atomic mass is 10.1. The van der Waals surface area contributed by atoms with E-state index in [1.807, 2.05) is 0 Å². The van der Waals surface area contributed by atoms with Gasteiger partial charge in [0.05, 0.1) is 0 Å². The van der Waals surface area contributed by atoms with E-state index in [9.17, 15) is 0 Å². The number of nitrogens with zero attached hydrogens (tertiary/aromatic N) is 2. The minimum absolute atomic E-state index is 0.391. The maximum Gasteiger partial charge on any atom is 0.0106 e. The third kappa shape index (κ3) is 8.48. The predicted molar refractivity (Wildman–Crippen MR) is 63.6 cm³/mol. The van der Waals surface area contributed by atoms with Crippen LogP contribution >= 0.6 is 0 Å². The summed E-state index contributed by atoms with van der Waals surface area (Å²) in [4.78, 5) is 4.57. The van der Waals surface area contributed by atoms with Crippen LogP contribution in [-0.2, 0) is 0 Å². The molecule has 2 N–H and O–H groups in total. The molecular formula is C11H27N3. The molecule has 0 heterocycles. The number of hydrogen-bond donors (Lipinski definition) is 1. The van der Waals surface area contributed by atoms with Crippen LogP contribution in [0.1, 0.15) is 26.2 Å². The molecule has 0 aromatic carbocycles. The van der Waals surface area contributed by atoms with Gasteiger partial charge in [0.25, 0.3) is 0 Å². The maximum absolute atomic E-state index is 5.95. The van der Waals surface area contributed by atoms with Gasteiger partial charge >= 0.3 is 0 Å². The summed E-state index contributed by atoms with van der Waals surface area (Å²) in [6.45, 7) is 5.57. The van der Waals surface area contributed by atoms with Gasteiger partial charge in [-0.15, -0.1) is 0 Å². The lowest BCUT2D eigenvalue weighted by molar-refractivity contribution is 0.272. The summed E-state index contributed by atoms with van der Waals surface area (Å²) in [5.74, 6) is 0. The molecule has 0 fully saturated rings. The van der Waals surface area contributed by atoms with Gasteiger partial charge in [-0.25, -0.2) is 0 Å². The summed E-state index contributed by atoms with van der Waals surface area (Å²) in [6.07, 6.45) is 3.47. The van der Waals surface area contributed by atoms with E-state index >= 15 is 0 Å². The Balaban J connectivity index is 3.38. The largest absolute Gasteiger partial charge is 0.328 e. The molecular weight excluding hydrogens is 174 g/mol. The van der Waals surface area contributed by atoms with E-state index in [1.54, 1.807) is 0 Å². The highest BCUT2D eigenvalue weighted by Crippen LogP contribution is 1.99. The molecule has 0 aliphatic heterocycles. The zero-order chi connectivity index (χ0) is 11.0. The van der Waals surface area contributed by atoms with E-state index in [1.165, 1.54) is 6.42 Å². The zero-order valence-electron chi connectivity index (χ0n) is 10.3. The van der Waals surface area contributed by atoms with E-state index in [0.29, 0.717) is 6.04 Å². The minimum atomic E-state index is 0.391. The van der Waals surface area contributed by atoms with Crippen molar-refractivity contribution in [3.63, 3.8) is 0 Å². The average Bonchev–Trinajstić information content (AvgIpc) is 2.12. The zero-order valence-corrected chi connectivity index (χ0v) is 10.3. The third-order valence-corrected chi connectivity index (χ3v) is 2.47. The van der Waals surface area contributed by atoms with Crippen molar-refractivity contribution in [3.05, 3.63) is 0 Å². The minimum Gasteiger partial charge on any atom is -0.328 e. The van der Waals surface area contributed by atoms with E-state index < -0.39 is 0 Å². The van der Waals surface area contributed by atoms with Gasteiger partial charge in [-0.3, -0.25) is 0 Å². The molecule has 0 bridgehead atoms. The molecule has 0 amide bonds. The molecule has 0 rings (SSSR count). The molecule has 0 saturated heterocycles. The molecule has 0 radical (unpaired) electrons. The topological polar surface area (TPSA) is 32.5 Å². The molecule has 0 aliphatic rings. The highest BCUT2D eigenvalue weighted by molar-refractivity contribution is 4.63. The maximum atomic E-state index is 5.95. The summed E-state index contributed by atoms with van der Waals surface area (Å²) in [6, 6.07) is 0.391. The van der Waals surface area contributed by atoms with Gasteiger partial charge in [0, 0.05) is 19.1 Å². The van der Waals surface area contributed by atoms with Gasteiger partial charge in [-0.1, -0.05) is 13.3 Å². The number of likely N-dealkylation sites (N-methyl/N-ethyl adjacent to an activating group) is 2. The molecule has 1 atom stereocenters. The summed E-state index contributed by atoms with van der Waals surface area (Å²) in [5.41, 5.74) is 5.95. The Morgan fingerprint density at radius 2 is 1.64 bits per heavy atom. The second-order valence-corrected chi connectivity index (χ2v) is 4.44. The SMILES string of the molecule is CCCC(N)CCN(C)CCN(C)C. The Morgan fingerprint density at radius 3 is 2.14 bits per heavy atom. The van der Waals surface area contributed by atoms with Crippen molar-refractivity contribution in [3.8, 4) is 0 Å². The summed E-state index contributed by atoms with van der Waals surface area (Å²) >= 11 is 0. The van der Waals surface area contributed by atoms with Crippen LogP contribution in [0.25, 0.3) is 0 Å². The Hall–Kier alpha value is -0.120. The molecule has 0 aliphatic carbocycles. The predicted octanol–water partition coefficient (Wildman–Crippen LogP) is 0.997. The molecule has 3 nitrogen and oxygen atoms in total. The fourth-order valence-corrected chi connectivity index (χ4v) is 1.38. The van der Waals surface area contributed by atoms with Crippen LogP contribution in [0.2, 0.25) is 0 Å². The van der Waals surface area contributed by atoms with E-state index in [4.69, 9.17) is 5.73 Å². The van der Waals surface area contributed by atoms with Crippen LogP contribution < -0.4 is 5.73 Å². The lowest BCUT2D eigenvalue weighted by Crippen LogP contribution is -2.32. The van der Waals surface area contributed by atoms with Crippen LogP contribution in [-0.4, -0.2) is 56.6 Å². The van der Waals surface area contributed by atoms with Crippen molar-refractivity contribution in [1.29, 1.82) is 0 Å². The molecule has 14 heavy (non-hydrogen) atoms. The molecule has 0 aromatic heterocycles. The normalized spacial score (nSPS) is 13.9. The third-order valence-electron chi connectivity index (χ3n) is 2.47. The molecule has 86 valence electrons. The molecule has 0 aromatic rings. The molecule has 3 heteroatoms. The second-order valence-electron chi connectivity index (χ2n) is 4.44. The van der Waals surface area contributed by atoms with Gasteiger partial charge in [0.2, 0.25) is 0 Å². The van der Waals surface area contributed by atoms with Crippen molar-refractivity contribution in [2.45, 2.75) is 32.2 Å². The summed E-state index contributed by atoms with van der Waals surface area (Å²) in [7, 11) is 6.38. The van der Waals surface area contributed by atoms with E-state index in [-0.39, 0.29) is 0 Å². The van der Waals surface area contributed by atoms with Crippen LogP contribution in [0.3, 0.4) is 0 Å². The highest BCUT2D eigenvalue weighted by atomic mass is 15.1. The Kier molecular flexibility index (Phi) is 8.14. The van der Waals surface area contributed by atoms with Gasteiger partial charge in [-0.05, 0) is 40.5 Å². The van der Waals surface area contributed by atoms with Gasteiger partial charge < -0.3 is 15.5 Å². The standard InChI is InChI=1S/C11H27N3/c1-5-6-11(12)7-8-14(4)10-9-13(2)3/h11H,5-10,12H2,1-4H3. The summed E-state index contributed by atoms with van der Waals surface area (Å²) < 4.78 is 0. The Morgan fingerprint density at radius 1 is 1.00 bits per heavy atom. The monoisotopic (exact) mass is 201 g/mol. The van der Waals surface area contributed by atoms with E-state index in [0.717, 1.165) is 32.5 Å². The molecule has 1 unspecified atom stereocenters. The van der Waals surface area contributed by atoms with Crippen molar-refractivity contribution in [2.75, 3.05) is 40.8 Å². The Bertz CT molecular complexity index is 126. The van der Waals surface area contributed by atoms with Crippen molar-refractivity contribution in [1.82, 2.24) is 9.80 Å². The van der Waals surface area contributed by atoms with Crippen molar-refractivity contribution < 1.29 is 0 Å². The first-order chi connectivity index (χ1) is 6.56. The number of hydrogen-bond acceptors (Lipinski definition) is 3. The second kappa shape index (κ2) is 8.21. The average molecular weight is 201 g/mol. The van der Waals surface area contributed by atoms with Crippen LogP contribution in [0.5, 0.6) is 0 Å². The van der Waals surface area contributed by atoms with Crippen LogP contribution in [0.15, 0.2) is 0 Å². The summed E-state index contributed by atoms with van der Waals surface area (Å²) in [5, 5.41) is 0. The lowest BCUT2D eigenvalue weighted by Gasteiger charge is -2.20. The number of nitrogens with two attached hydrogens (primary N) is 1. The van der Waals surface area contributed by atoms with Gasteiger partial charge in [0.1, 0.15) is 0 Å². The molecule has 0 saturated carbocycles. The van der Waals surface area contributed by atoms with E-state index in [2.05, 4.69) is 37.9 Å². The first-order valence-corrected chi connectivity index (χ1v) is 5.65. The first kappa shape index (κ1) is 13.9. The van der Waals surface area contributed by atoms with Gasteiger partial charge in [0.15, 0.2) is 0 Å². The van der Waals surface area contributed by atoms with Crippen molar-refractivity contribution in [2.24, 2.45) is 5.73 Å². The van der Waals surface area contributed by atoms with Crippen LogP contribution in [0.4, 0.5) is 0 Å². The van der Waals surface area contributed by atoms with Crippen LogP contribution in [0, 0.1) is 0 Å². The molecule has 0 spiro atoms. The fraction of sp³-hybridized carbons (Fsp3) is 1.00. The van der Waals surface area contributed by atoms with Gasteiger partial charge in [-0.2, -0.15) is 0 Å². The smallest absolute Gasteiger partial charge is 0.0106 e. The highest BCUT2D eigenvalue weighted by Gasteiger charge is 2.04. The quantitative estimate of drug-likeness (QED) is 0.636. The fourth-order valence-electron chi connectivity index (χ4n) is 1.38. The first-order valence-electron chi connectivity index (χ1n) is 5.65. The van der Waals surface area contributed by atoms with Crippen molar-refractivity contribution >= 4 is 0 Å². The Labute approximate surface area is 89.2 Å².